The molecule has 1 unspecified atom stereocenters. The maximum Gasteiger partial charge on any atom is 0.674 e. The molecule has 0 saturated heterocycles. The standard InChI is InChI=1S/C2H10O9Si2/c1-9-13(8,10-2(3)4)11-12(5,6)7/h2-8H,1H3. The maximum absolute atomic E-state index is 9.03. The van der Waals surface area contributed by atoms with Crippen LogP contribution in [0.3, 0.4) is 0 Å². The van der Waals surface area contributed by atoms with E-state index in [4.69, 9.17) is 29.4 Å². The van der Waals surface area contributed by atoms with E-state index in [0.29, 0.717) is 0 Å². The highest BCUT2D eigenvalue weighted by molar-refractivity contribution is 6.65. The van der Waals surface area contributed by atoms with Crippen molar-refractivity contribution < 1.29 is 42.4 Å². The van der Waals surface area contributed by atoms with Crippen LogP contribution in [0.1, 0.15) is 0 Å². The zero-order valence-corrected chi connectivity index (χ0v) is 8.49. The van der Waals surface area contributed by atoms with Crippen LogP contribution < -0.4 is 0 Å². The lowest BCUT2D eigenvalue weighted by Crippen LogP contribution is -2.57. The van der Waals surface area contributed by atoms with Crippen LogP contribution in [0.2, 0.25) is 0 Å². The number of aliphatic hydroxyl groups is 2. The van der Waals surface area contributed by atoms with Crippen molar-refractivity contribution in [3.05, 3.63) is 0 Å². The van der Waals surface area contributed by atoms with Crippen molar-refractivity contribution in [2.24, 2.45) is 0 Å². The number of rotatable bonds is 5. The van der Waals surface area contributed by atoms with Crippen LogP contribution in [0.25, 0.3) is 0 Å². The second-order valence-corrected chi connectivity index (χ2v) is 5.50. The number of hydrogen-bond acceptors (Lipinski definition) is 9. The zero-order valence-electron chi connectivity index (χ0n) is 6.49. The van der Waals surface area contributed by atoms with E-state index in [2.05, 4.69) is 13.0 Å². The van der Waals surface area contributed by atoms with Crippen LogP contribution in [-0.2, 0) is 13.0 Å². The summed E-state index contributed by atoms with van der Waals surface area (Å²) >= 11 is 0. The second kappa shape index (κ2) is 4.53. The largest absolute Gasteiger partial charge is 0.674 e. The van der Waals surface area contributed by atoms with Gasteiger partial charge >= 0.3 is 18.1 Å². The molecular formula is C2H10O9Si2. The van der Waals surface area contributed by atoms with Crippen LogP contribution >= 0.6 is 0 Å². The van der Waals surface area contributed by atoms with Gasteiger partial charge in [0, 0.05) is 7.11 Å². The average molecular weight is 234 g/mol. The molecule has 0 radical (unpaired) electrons. The number of aliphatic hydroxyl groups excluding tert-OH is 1. The minimum Gasteiger partial charge on any atom is -0.368 e. The maximum atomic E-state index is 9.03. The summed E-state index contributed by atoms with van der Waals surface area (Å²) in [5.41, 5.74) is 0. The minimum absolute atomic E-state index is 0.856. The first-order valence-electron chi connectivity index (χ1n) is 2.87. The highest BCUT2D eigenvalue weighted by Crippen LogP contribution is 2.09. The van der Waals surface area contributed by atoms with E-state index in [1.165, 1.54) is 0 Å². The molecule has 6 N–H and O–H groups in total. The molecule has 0 aliphatic carbocycles. The predicted molar refractivity (Wildman–Crippen MR) is 37.8 cm³/mol. The fourth-order valence-electron chi connectivity index (χ4n) is 0.420. The Morgan fingerprint density at radius 3 is 1.77 bits per heavy atom. The smallest absolute Gasteiger partial charge is 0.368 e. The lowest BCUT2D eigenvalue weighted by Gasteiger charge is -2.23. The normalized spacial score (nSPS) is 17.5. The van der Waals surface area contributed by atoms with E-state index in [-0.39, 0.29) is 0 Å². The van der Waals surface area contributed by atoms with Crippen molar-refractivity contribution in [3.63, 3.8) is 0 Å². The van der Waals surface area contributed by atoms with Gasteiger partial charge in [-0.05, 0) is 0 Å². The van der Waals surface area contributed by atoms with Crippen LogP contribution in [0.4, 0.5) is 0 Å². The van der Waals surface area contributed by atoms with E-state index in [1.807, 2.05) is 0 Å². The molecule has 0 saturated carbocycles. The third-order valence-corrected chi connectivity index (χ3v) is 3.93. The van der Waals surface area contributed by atoms with Crippen molar-refractivity contribution >= 4 is 18.1 Å². The van der Waals surface area contributed by atoms with Gasteiger partial charge in [0.25, 0.3) is 6.48 Å². The van der Waals surface area contributed by atoms with Gasteiger partial charge in [-0.1, -0.05) is 0 Å². The van der Waals surface area contributed by atoms with Crippen LogP contribution in [0.15, 0.2) is 0 Å². The zero-order chi connectivity index (χ0) is 10.7. The molecular weight excluding hydrogens is 224 g/mol. The molecule has 11 heteroatoms. The Morgan fingerprint density at radius 2 is 1.54 bits per heavy atom. The average Bonchev–Trinajstić information content (AvgIpc) is 1.81. The first-order chi connectivity index (χ1) is 5.68. The molecule has 0 bridgehead atoms. The summed E-state index contributed by atoms with van der Waals surface area (Å²) < 4.78 is 11.8. The lowest BCUT2D eigenvalue weighted by atomic mass is 11.4. The SMILES string of the molecule is CO[Si](O)(OC(O)O)O[Si](O)(O)O. The monoisotopic (exact) mass is 234 g/mol. The molecule has 0 aromatic rings. The molecule has 0 rings (SSSR count). The van der Waals surface area contributed by atoms with E-state index in [9.17, 15) is 0 Å². The Hall–Kier alpha value is 0.0738. The summed E-state index contributed by atoms with van der Waals surface area (Å²) in [6.45, 7) is -2.42. The van der Waals surface area contributed by atoms with Gasteiger partial charge in [0.1, 0.15) is 0 Å². The summed E-state index contributed by atoms with van der Waals surface area (Å²) in [4.78, 5) is 34.2. The van der Waals surface area contributed by atoms with Crippen LogP contribution in [0.5, 0.6) is 0 Å². The first kappa shape index (κ1) is 13.1. The first-order valence-corrected chi connectivity index (χ1v) is 6.29. The summed E-state index contributed by atoms with van der Waals surface area (Å²) in [5.74, 6) is 0. The fraction of sp³-hybridized carbons (Fsp3) is 1.00. The molecule has 0 heterocycles. The summed E-state index contributed by atoms with van der Waals surface area (Å²) in [6, 6.07) is 0. The molecule has 1 atom stereocenters. The van der Waals surface area contributed by atoms with Crippen molar-refractivity contribution in [3.8, 4) is 0 Å². The fourth-order valence-corrected chi connectivity index (χ4v) is 2.69. The molecule has 0 aromatic carbocycles. The Kier molecular flexibility index (Phi) is 4.56. The Bertz CT molecular complexity index is 154. The number of hydrogen-bond donors (Lipinski definition) is 6. The van der Waals surface area contributed by atoms with Gasteiger partial charge in [0.15, 0.2) is 0 Å². The molecule has 0 aliphatic heterocycles. The Morgan fingerprint density at radius 1 is 1.08 bits per heavy atom. The molecule has 0 spiro atoms. The molecule has 13 heavy (non-hydrogen) atoms. The topological polar surface area (TPSA) is 149 Å². The van der Waals surface area contributed by atoms with E-state index in [0.717, 1.165) is 7.11 Å². The van der Waals surface area contributed by atoms with Gasteiger partial charge < -0.3 is 42.4 Å². The molecule has 0 aliphatic rings. The van der Waals surface area contributed by atoms with Crippen LogP contribution in [-0.4, -0.2) is 61.1 Å². The molecule has 0 aromatic heterocycles. The van der Waals surface area contributed by atoms with E-state index < -0.39 is 24.6 Å². The molecule has 0 fully saturated rings. The minimum atomic E-state index is -5.04. The quantitative estimate of drug-likeness (QED) is 0.205. The van der Waals surface area contributed by atoms with Gasteiger partial charge in [0.05, 0.1) is 0 Å². The lowest BCUT2D eigenvalue weighted by molar-refractivity contribution is -0.217. The Balaban J connectivity index is 4.28. The van der Waals surface area contributed by atoms with E-state index >= 15 is 0 Å². The third kappa shape index (κ3) is 6.19. The molecule has 0 amide bonds. The van der Waals surface area contributed by atoms with Crippen molar-refractivity contribution in [1.82, 2.24) is 0 Å². The Labute approximate surface area is 75.0 Å². The molecule has 80 valence electrons. The highest BCUT2D eigenvalue weighted by atomic mass is 28.5. The van der Waals surface area contributed by atoms with Gasteiger partial charge in [-0.3, -0.25) is 0 Å². The highest BCUT2D eigenvalue weighted by Gasteiger charge is 2.52. The van der Waals surface area contributed by atoms with Gasteiger partial charge in [0.2, 0.25) is 0 Å². The van der Waals surface area contributed by atoms with Crippen molar-refractivity contribution in [2.45, 2.75) is 6.48 Å². The second-order valence-electron chi connectivity index (χ2n) is 1.85. The van der Waals surface area contributed by atoms with Crippen LogP contribution in [0, 0.1) is 0 Å². The summed E-state index contributed by atoms with van der Waals surface area (Å²) in [6.07, 6.45) is 0. The van der Waals surface area contributed by atoms with Crippen molar-refractivity contribution in [2.75, 3.05) is 7.11 Å². The predicted octanol–water partition coefficient (Wildman–Crippen LogP) is -4.23. The third-order valence-electron chi connectivity index (χ3n) is 0.778. The van der Waals surface area contributed by atoms with Gasteiger partial charge in [-0.2, -0.15) is 0 Å². The molecule has 9 nitrogen and oxygen atoms in total. The van der Waals surface area contributed by atoms with Crippen molar-refractivity contribution in [1.29, 1.82) is 0 Å². The summed E-state index contributed by atoms with van der Waals surface area (Å²) in [7, 11) is -8.80. The van der Waals surface area contributed by atoms with Gasteiger partial charge in [-0.15, -0.1) is 0 Å². The summed E-state index contributed by atoms with van der Waals surface area (Å²) in [5, 5.41) is 16.5. The van der Waals surface area contributed by atoms with E-state index in [1.54, 1.807) is 0 Å². The van der Waals surface area contributed by atoms with Gasteiger partial charge in [-0.25, -0.2) is 0 Å².